The molecule has 1 nitrogen and oxygen atoms in total. The summed E-state index contributed by atoms with van der Waals surface area (Å²) in [4.78, 5) is 0. The average Bonchev–Trinajstić information content (AvgIpc) is 1.77. The third-order valence-corrected chi connectivity index (χ3v) is 0.852. The Hall–Kier alpha value is -0.0500. The van der Waals surface area contributed by atoms with Gasteiger partial charge >= 0.3 is 0 Å². The average molecular weight is 135 g/mol. The van der Waals surface area contributed by atoms with Gasteiger partial charge in [0.25, 0.3) is 0 Å². The topological polar surface area (TPSA) is 20.2 Å². The molecule has 0 heterocycles. The summed E-state index contributed by atoms with van der Waals surface area (Å²) in [5.74, 6) is -0.875. The predicted octanol–water partition coefficient (Wildman–Crippen LogP) is 1.15. The van der Waals surface area contributed by atoms with Gasteiger partial charge in [-0.05, 0) is 12.1 Å². The van der Waals surface area contributed by atoms with Crippen LogP contribution in [-0.2, 0) is 0 Å². The van der Waals surface area contributed by atoms with Crippen LogP contribution < -0.4 is 0 Å². The van der Waals surface area contributed by atoms with E-state index in [4.69, 9.17) is 5.11 Å². The molecule has 0 aliphatic rings. The molecule has 1 radical (unpaired) electrons. The standard InChI is InChI=1S/C6H5FO.Na/c7-5-3-1-2-4-6(5)8;/h1-4,8H;. The summed E-state index contributed by atoms with van der Waals surface area (Å²) >= 11 is 0. The monoisotopic (exact) mass is 135 g/mol. The molecule has 1 aromatic rings. The van der Waals surface area contributed by atoms with Crippen molar-refractivity contribution in [2.75, 3.05) is 0 Å². The van der Waals surface area contributed by atoms with Gasteiger partial charge in [0.05, 0.1) is 0 Å². The minimum Gasteiger partial charge on any atom is -0.505 e. The van der Waals surface area contributed by atoms with E-state index in [2.05, 4.69) is 0 Å². The summed E-state index contributed by atoms with van der Waals surface area (Å²) in [6.45, 7) is 0. The zero-order valence-electron chi connectivity index (χ0n) is 5.13. The third kappa shape index (κ3) is 2.35. The zero-order chi connectivity index (χ0) is 5.98. The third-order valence-electron chi connectivity index (χ3n) is 0.852. The molecule has 0 aliphatic heterocycles. The molecule has 9 heavy (non-hydrogen) atoms. The molecule has 3 heteroatoms. The first kappa shape index (κ1) is 8.95. The van der Waals surface area contributed by atoms with E-state index >= 15 is 0 Å². The van der Waals surface area contributed by atoms with Crippen LogP contribution in [0.1, 0.15) is 0 Å². The van der Waals surface area contributed by atoms with Gasteiger partial charge in [0.15, 0.2) is 11.6 Å². The van der Waals surface area contributed by atoms with E-state index < -0.39 is 5.82 Å². The fourth-order valence-corrected chi connectivity index (χ4v) is 0.452. The molecule has 0 aliphatic carbocycles. The Morgan fingerprint density at radius 1 is 1.22 bits per heavy atom. The first-order valence-corrected chi connectivity index (χ1v) is 2.24. The maximum absolute atomic E-state index is 12.1. The van der Waals surface area contributed by atoms with Crippen LogP contribution >= 0.6 is 0 Å². The second-order valence-electron chi connectivity index (χ2n) is 1.45. The Morgan fingerprint density at radius 2 is 1.78 bits per heavy atom. The summed E-state index contributed by atoms with van der Waals surface area (Å²) in [6, 6.07) is 5.60. The largest absolute Gasteiger partial charge is 0.505 e. The Labute approximate surface area is 74.8 Å². The van der Waals surface area contributed by atoms with Gasteiger partial charge < -0.3 is 5.11 Å². The van der Waals surface area contributed by atoms with E-state index in [0.717, 1.165) is 0 Å². The molecule has 0 amide bonds. The number of halogens is 1. The number of para-hydroxylation sites is 1. The number of hydrogen-bond donors (Lipinski definition) is 1. The summed E-state index contributed by atoms with van der Waals surface area (Å²) in [6.07, 6.45) is 0. The molecule has 0 bridgehead atoms. The van der Waals surface area contributed by atoms with Crippen molar-refractivity contribution >= 4 is 29.6 Å². The van der Waals surface area contributed by atoms with Gasteiger partial charge in [0.1, 0.15) is 0 Å². The van der Waals surface area contributed by atoms with Crippen molar-refractivity contribution < 1.29 is 9.50 Å². The molecule has 43 valence electrons. The Balaban J connectivity index is 0.000000640. The van der Waals surface area contributed by atoms with E-state index in [1.807, 2.05) is 0 Å². The first-order valence-electron chi connectivity index (χ1n) is 2.24. The van der Waals surface area contributed by atoms with E-state index in [1.165, 1.54) is 18.2 Å². The van der Waals surface area contributed by atoms with Gasteiger partial charge in [0, 0.05) is 29.6 Å². The molecule has 0 saturated heterocycles. The number of benzene rings is 1. The minimum atomic E-state index is -0.576. The van der Waals surface area contributed by atoms with Crippen LogP contribution in [0.4, 0.5) is 4.39 Å². The molecule has 0 unspecified atom stereocenters. The van der Waals surface area contributed by atoms with Crippen LogP contribution in [0, 0.1) is 5.82 Å². The van der Waals surface area contributed by atoms with Crippen LogP contribution in [0.3, 0.4) is 0 Å². The molecule has 1 rings (SSSR count). The van der Waals surface area contributed by atoms with Crippen LogP contribution in [0.2, 0.25) is 0 Å². The second kappa shape index (κ2) is 3.88. The quantitative estimate of drug-likeness (QED) is 0.529. The number of rotatable bonds is 0. The predicted molar refractivity (Wildman–Crippen MR) is 33.8 cm³/mol. The van der Waals surface area contributed by atoms with E-state index in [0.29, 0.717) is 0 Å². The van der Waals surface area contributed by atoms with Crippen molar-refractivity contribution in [1.82, 2.24) is 0 Å². The van der Waals surface area contributed by atoms with E-state index in [9.17, 15) is 4.39 Å². The van der Waals surface area contributed by atoms with Crippen molar-refractivity contribution in [3.8, 4) is 5.75 Å². The first-order chi connectivity index (χ1) is 3.80. The van der Waals surface area contributed by atoms with E-state index in [-0.39, 0.29) is 35.3 Å². The molecule has 1 N–H and O–H groups in total. The summed E-state index contributed by atoms with van der Waals surface area (Å²) in [5, 5.41) is 8.54. The Bertz CT molecular complexity index is 169. The zero-order valence-corrected chi connectivity index (χ0v) is 7.13. The maximum Gasteiger partial charge on any atom is 0.164 e. The summed E-state index contributed by atoms with van der Waals surface area (Å²) in [5.41, 5.74) is 0. The van der Waals surface area contributed by atoms with Crippen LogP contribution in [0.15, 0.2) is 24.3 Å². The minimum absolute atomic E-state index is 0. The van der Waals surface area contributed by atoms with Gasteiger partial charge in [-0.15, -0.1) is 0 Å². The second-order valence-corrected chi connectivity index (χ2v) is 1.45. The number of aromatic hydroxyl groups is 1. The number of phenolic OH excluding ortho intramolecular Hbond substituents is 1. The van der Waals surface area contributed by atoms with Gasteiger partial charge in [-0.2, -0.15) is 0 Å². The molecule has 0 spiro atoms. The van der Waals surface area contributed by atoms with Gasteiger partial charge in [-0.3, -0.25) is 0 Å². The molecular weight excluding hydrogens is 130 g/mol. The maximum atomic E-state index is 12.1. The SMILES string of the molecule is Oc1ccccc1F.[Na]. The van der Waals surface area contributed by atoms with Crippen molar-refractivity contribution in [2.24, 2.45) is 0 Å². The molecule has 0 atom stereocenters. The van der Waals surface area contributed by atoms with E-state index in [1.54, 1.807) is 6.07 Å². The smallest absolute Gasteiger partial charge is 0.164 e. The van der Waals surface area contributed by atoms with Crippen molar-refractivity contribution in [1.29, 1.82) is 0 Å². The van der Waals surface area contributed by atoms with Crippen LogP contribution in [-0.4, -0.2) is 34.7 Å². The molecule has 0 aromatic heterocycles. The summed E-state index contributed by atoms with van der Waals surface area (Å²) < 4.78 is 12.1. The number of phenols is 1. The fourth-order valence-electron chi connectivity index (χ4n) is 0.452. The Morgan fingerprint density at radius 3 is 2.11 bits per heavy atom. The summed E-state index contributed by atoms with van der Waals surface area (Å²) in [7, 11) is 0. The molecule has 0 saturated carbocycles. The normalized spacial score (nSPS) is 8.11. The molecule has 0 fully saturated rings. The van der Waals surface area contributed by atoms with Crippen LogP contribution in [0.25, 0.3) is 0 Å². The number of hydrogen-bond acceptors (Lipinski definition) is 1. The Kier molecular flexibility index (Phi) is 3.86. The van der Waals surface area contributed by atoms with Gasteiger partial charge in [-0.25, -0.2) is 4.39 Å². The van der Waals surface area contributed by atoms with Gasteiger partial charge in [-0.1, -0.05) is 12.1 Å². The van der Waals surface area contributed by atoms with Crippen molar-refractivity contribution in [3.63, 3.8) is 0 Å². The molecule has 1 aromatic carbocycles. The van der Waals surface area contributed by atoms with Crippen molar-refractivity contribution in [3.05, 3.63) is 30.1 Å². The van der Waals surface area contributed by atoms with Crippen LogP contribution in [0.5, 0.6) is 5.75 Å². The molecular formula is C6H5FNaO. The van der Waals surface area contributed by atoms with Gasteiger partial charge in [0.2, 0.25) is 0 Å². The fraction of sp³-hybridized carbons (Fsp3) is 0. The van der Waals surface area contributed by atoms with Crippen molar-refractivity contribution in [2.45, 2.75) is 0 Å².